The van der Waals surface area contributed by atoms with E-state index in [0.29, 0.717) is 11.5 Å². The number of nitrogens with zero attached hydrogens (tertiary/aromatic N) is 1. The quantitative estimate of drug-likeness (QED) is 0.658. The van der Waals surface area contributed by atoms with Crippen LogP contribution in [0.25, 0.3) is 0 Å². The van der Waals surface area contributed by atoms with Gasteiger partial charge in [0.25, 0.3) is 0 Å². The molecule has 1 aromatic carbocycles. The van der Waals surface area contributed by atoms with Gasteiger partial charge in [-0.05, 0) is 36.8 Å². The number of rotatable bonds is 6. The molecule has 2 rings (SSSR count). The van der Waals surface area contributed by atoms with Crippen LogP contribution in [0.5, 0.6) is 11.5 Å². The molecule has 0 aliphatic carbocycles. The number of hydrogen-bond donors (Lipinski definition) is 1. The number of carbonyl (C=O) groups is 1. The van der Waals surface area contributed by atoms with Crippen LogP contribution < -0.4 is 14.9 Å². The van der Waals surface area contributed by atoms with Gasteiger partial charge in [0.2, 0.25) is 5.91 Å². The molecule has 1 N–H and O–H groups in total. The summed E-state index contributed by atoms with van der Waals surface area (Å²) in [4.78, 5) is 14.1. The SMILES string of the molecule is COc1ccc(CC(=O)NN=Cc2ccc(C)s2)cc1OC. The number of carbonyl (C=O) groups excluding carboxylic acids is 1. The van der Waals surface area contributed by atoms with Crippen molar-refractivity contribution in [2.45, 2.75) is 13.3 Å². The zero-order valence-corrected chi connectivity index (χ0v) is 13.6. The molecule has 0 saturated carbocycles. The van der Waals surface area contributed by atoms with Gasteiger partial charge in [0, 0.05) is 9.75 Å². The van der Waals surface area contributed by atoms with E-state index in [1.54, 1.807) is 43.9 Å². The first-order valence-electron chi connectivity index (χ1n) is 6.71. The first kappa shape index (κ1) is 16.0. The molecular formula is C16H18N2O3S. The topological polar surface area (TPSA) is 59.9 Å². The Bertz CT molecular complexity index is 680. The van der Waals surface area contributed by atoms with E-state index in [4.69, 9.17) is 9.47 Å². The van der Waals surface area contributed by atoms with E-state index in [2.05, 4.69) is 10.5 Å². The van der Waals surface area contributed by atoms with Crippen molar-refractivity contribution in [1.82, 2.24) is 5.43 Å². The average molecular weight is 318 g/mol. The number of nitrogens with one attached hydrogen (secondary N) is 1. The normalized spacial score (nSPS) is 10.7. The van der Waals surface area contributed by atoms with Gasteiger partial charge in [-0.25, -0.2) is 5.43 Å². The molecule has 0 fully saturated rings. The number of ether oxygens (including phenoxy) is 2. The highest BCUT2D eigenvalue weighted by atomic mass is 32.1. The van der Waals surface area contributed by atoms with E-state index in [1.807, 2.05) is 25.1 Å². The van der Waals surface area contributed by atoms with Gasteiger partial charge >= 0.3 is 0 Å². The lowest BCUT2D eigenvalue weighted by Gasteiger charge is -2.09. The molecule has 0 bridgehead atoms. The molecular weight excluding hydrogens is 300 g/mol. The molecule has 0 unspecified atom stereocenters. The van der Waals surface area contributed by atoms with Crippen LogP contribution in [0.1, 0.15) is 15.3 Å². The first-order chi connectivity index (χ1) is 10.6. The van der Waals surface area contributed by atoms with Crippen molar-refractivity contribution in [3.05, 3.63) is 45.6 Å². The third kappa shape index (κ3) is 4.33. The van der Waals surface area contributed by atoms with Crippen LogP contribution in [-0.4, -0.2) is 26.3 Å². The van der Waals surface area contributed by atoms with Crippen LogP contribution in [0.3, 0.4) is 0 Å². The molecule has 1 heterocycles. The second-order valence-corrected chi connectivity index (χ2v) is 5.93. The van der Waals surface area contributed by atoms with Crippen LogP contribution in [0, 0.1) is 6.92 Å². The summed E-state index contributed by atoms with van der Waals surface area (Å²) in [5, 5.41) is 3.96. The van der Waals surface area contributed by atoms with Gasteiger partial charge in [-0.1, -0.05) is 6.07 Å². The highest BCUT2D eigenvalue weighted by Crippen LogP contribution is 2.27. The van der Waals surface area contributed by atoms with E-state index in [9.17, 15) is 4.79 Å². The maximum Gasteiger partial charge on any atom is 0.244 e. The van der Waals surface area contributed by atoms with Gasteiger partial charge in [0.1, 0.15) is 0 Å². The van der Waals surface area contributed by atoms with Crippen LogP contribution in [0.15, 0.2) is 35.4 Å². The predicted molar refractivity (Wildman–Crippen MR) is 88.0 cm³/mol. The monoisotopic (exact) mass is 318 g/mol. The third-order valence-corrected chi connectivity index (χ3v) is 3.89. The molecule has 0 radical (unpaired) electrons. The summed E-state index contributed by atoms with van der Waals surface area (Å²) in [6, 6.07) is 9.36. The van der Waals surface area contributed by atoms with Crippen LogP contribution >= 0.6 is 11.3 Å². The number of aryl methyl sites for hydroxylation is 1. The zero-order valence-electron chi connectivity index (χ0n) is 12.8. The Morgan fingerprint density at radius 2 is 2.00 bits per heavy atom. The van der Waals surface area contributed by atoms with Crippen LogP contribution in [0.4, 0.5) is 0 Å². The highest BCUT2D eigenvalue weighted by molar-refractivity contribution is 7.13. The van der Waals surface area contributed by atoms with Gasteiger partial charge in [-0.2, -0.15) is 5.10 Å². The Hall–Kier alpha value is -2.34. The van der Waals surface area contributed by atoms with E-state index in [1.165, 1.54) is 4.88 Å². The van der Waals surface area contributed by atoms with Crippen molar-refractivity contribution in [3.8, 4) is 11.5 Å². The van der Waals surface area contributed by atoms with Gasteiger partial charge in [-0.15, -0.1) is 11.3 Å². The fourth-order valence-corrected chi connectivity index (χ4v) is 2.66. The summed E-state index contributed by atoms with van der Waals surface area (Å²) in [7, 11) is 3.14. The van der Waals surface area contributed by atoms with E-state index in [-0.39, 0.29) is 12.3 Å². The molecule has 1 amide bonds. The van der Waals surface area contributed by atoms with Crippen molar-refractivity contribution in [2.75, 3.05) is 14.2 Å². The van der Waals surface area contributed by atoms with E-state index >= 15 is 0 Å². The second-order valence-electron chi connectivity index (χ2n) is 4.61. The minimum absolute atomic E-state index is 0.184. The molecule has 6 heteroatoms. The Morgan fingerprint density at radius 1 is 1.23 bits per heavy atom. The lowest BCUT2D eigenvalue weighted by molar-refractivity contribution is -0.120. The van der Waals surface area contributed by atoms with Gasteiger partial charge < -0.3 is 9.47 Å². The summed E-state index contributed by atoms with van der Waals surface area (Å²) in [5.74, 6) is 1.06. The molecule has 0 aliphatic heterocycles. The molecule has 5 nitrogen and oxygen atoms in total. The molecule has 0 aliphatic rings. The Labute approximate surface area is 133 Å². The summed E-state index contributed by atoms with van der Waals surface area (Å²) in [6.07, 6.45) is 1.87. The van der Waals surface area contributed by atoms with Gasteiger partial charge in [-0.3, -0.25) is 4.79 Å². The lowest BCUT2D eigenvalue weighted by Crippen LogP contribution is -2.19. The zero-order chi connectivity index (χ0) is 15.9. The summed E-state index contributed by atoms with van der Waals surface area (Å²) < 4.78 is 10.4. The van der Waals surface area contributed by atoms with E-state index in [0.717, 1.165) is 10.4 Å². The number of amides is 1. The van der Waals surface area contributed by atoms with Gasteiger partial charge in [0.15, 0.2) is 11.5 Å². The maximum atomic E-state index is 11.9. The average Bonchev–Trinajstić information content (AvgIpc) is 2.92. The number of benzene rings is 1. The smallest absolute Gasteiger partial charge is 0.244 e. The van der Waals surface area contributed by atoms with Gasteiger partial charge in [0.05, 0.1) is 26.9 Å². The third-order valence-electron chi connectivity index (χ3n) is 2.95. The van der Waals surface area contributed by atoms with Crippen molar-refractivity contribution >= 4 is 23.5 Å². The molecule has 2 aromatic rings. The number of thiophene rings is 1. The van der Waals surface area contributed by atoms with Crippen molar-refractivity contribution in [2.24, 2.45) is 5.10 Å². The molecule has 0 atom stereocenters. The van der Waals surface area contributed by atoms with Crippen molar-refractivity contribution in [3.63, 3.8) is 0 Å². The minimum atomic E-state index is -0.184. The number of hydrogen-bond acceptors (Lipinski definition) is 5. The second kappa shape index (κ2) is 7.61. The van der Waals surface area contributed by atoms with Crippen molar-refractivity contribution in [1.29, 1.82) is 0 Å². The Balaban J connectivity index is 1.93. The minimum Gasteiger partial charge on any atom is -0.493 e. The Kier molecular flexibility index (Phi) is 5.55. The molecule has 0 spiro atoms. The predicted octanol–water partition coefficient (Wildman–Crippen LogP) is 2.77. The summed E-state index contributed by atoms with van der Waals surface area (Å²) in [5.41, 5.74) is 3.35. The maximum absolute atomic E-state index is 11.9. The largest absolute Gasteiger partial charge is 0.493 e. The first-order valence-corrected chi connectivity index (χ1v) is 7.53. The van der Waals surface area contributed by atoms with Crippen LogP contribution in [-0.2, 0) is 11.2 Å². The summed E-state index contributed by atoms with van der Waals surface area (Å²) >= 11 is 1.62. The Morgan fingerprint density at radius 3 is 2.64 bits per heavy atom. The highest BCUT2D eigenvalue weighted by Gasteiger charge is 2.07. The van der Waals surface area contributed by atoms with Crippen LogP contribution in [0.2, 0.25) is 0 Å². The lowest BCUT2D eigenvalue weighted by atomic mass is 10.1. The molecule has 116 valence electrons. The van der Waals surface area contributed by atoms with E-state index < -0.39 is 0 Å². The molecule has 1 aromatic heterocycles. The fraction of sp³-hybridized carbons (Fsp3) is 0.250. The van der Waals surface area contributed by atoms with Crippen molar-refractivity contribution < 1.29 is 14.3 Å². The fourth-order valence-electron chi connectivity index (χ4n) is 1.91. The molecule has 0 saturated heterocycles. The standard InChI is InChI=1S/C16H18N2O3S/c1-11-4-6-13(22-11)10-17-18-16(19)9-12-5-7-14(20-2)15(8-12)21-3/h4-8,10H,9H2,1-3H3,(H,18,19). The number of methoxy groups -OCH3 is 2. The molecule has 22 heavy (non-hydrogen) atoms. The summed E-state index contributed by atoms with van der Waals surface area (Å²) in [6.45, 7) is 2.03. The number of hydrazone groups is 1.